The summed E-state index contributed by atoms with van der Waals surface area (Å²) in [7, 11) is -3.65. The molecule has 1 aromatic heterocycles. The number of hydrogen-bond acceptors (Lipinski definition) is 5. The van der Waals surface area contributed by atoms with Crippen LogP contribution in [0.4, 0.5) is 5.69 Å². The Labute approximate surface area is 111 Å². The Bertz CT molecular complexity index is 508. The van der Waals surface area contributed by atoms with Gasteiger partial charge in [-0.2, -0.15) is 0 Å². The molecule has 6 nitrogen and oxygen atoms in total. The summed E-state index contributed by atoms with van der Waals surface area (Å²) < 4.78 is 25.8. The van der Waals surface area contributed by atoms with E-state index in [9.17, 15) is 13.2 Å². The van der Waals surface area contributed by atoms with Crippen LogP contribution in [0.25, 0.3) is 0 Å². The van der Waals surface area contributed by atoms with E-state index in [4.69, 9.17) is 5.73 Å². The van der Waals surface area contributed by atoms with Crippen molar-refractivity contribution in [2.24, 2.45) is 5.92 Å². The third-order valence-electron chi connectivity index (χ3n) is 1.99. The lowest BCUT2D eigenvalue weighted by Gasteiger charge is -2.08. The number of nitrogens with two attached hydrogens (primary N) is 1. The first-order valence-corrected chi connectivity index (χ1v) is 7.78. The molecule has 1 heterocycles. The zero-order valence-corrected chi connectivity index (χ0v) is 11.9. The van der Waals surface area contributed by atoms with E-state index in [2.05, 4.69) is 10.0 Å². The van der Waals surface area contributed by atoms with Crippen molar-refractivity contribution in [1.82, 2.24) is 10.0 Å². The molecule has 1 rings (SSSR count). The van der Waals surface area contributed by atoms with Gasteiger partial charge in [-0.15, -0.1) is 11.3 Å². The van der Waals surface area contributed by atoms with Gasteiger partial charge < -0.3 is 11.1 Å². The SMILES string of the molecule is CC(C)CNC(=O)CNS(=O)(=O)c1cc(N)cs1. The molecule has 0 aliphatic rings. The van der Waals surface area contributed by atoms with E-state index in [1.807, 2.05) is 13.8 Å². The number of rotatable bonds is 6. The lowest BCUT2D eigenvalue weighted by atomic mass is 10.2. The van der Waals surface area contributed by atoms with Gasteiger partial charge in [0.2, 0.25) is 5.91 Å². The highest BCUT2D eigenvalue weighted by Crippen LogP contribution is 2.20. The van der Waals surface area contributed by atoms with E-state index in [1.165, 1.54) is 11.4 Å². The highest BCUT2D eigenvalue weighted by atomic mass is 32.2. The van der Waals surface area contributed by atoms with Crippen LogP contribution in [0.1, 0.15) is 13.8 Å². The molecule has 0 unspecified atom stereocenters. The van der Waals surface area contributed by atoms with Crippen LogP contribution in [-0.2, 0) is 14.8 Å². The predicted molar refractivity (Wildman–Crippen MR) is 71.8 cm³/mol. The molecule has 0 atom stereocenters. The number of hydrogen-bond donors (Lipinski definition) is 3. The molecular weight excluding hydrogens is 274 g/mol. The highest BCUT2D eigenvalue weighted by molar-refractivity contribution is 7.91. The maximum Gasteiger partial charge on any atom is 0.250 e. The second-order valence-corrected chi connectivity index (χ2v) is 7.13. The summed E-state index contributed by atoms with van der Waals surface area (Å²) in [4.78, 5) is 11.4. The molecule has 0 aliphatic heterocycles. The first-order valence-electron chi connectivity index (χ1n) is 5.41. The van der Waals surface area contributed by atoms with Gasteiger partial charge in [0, 0.05) is 17.6 Å². The van der Waals surface area contributed by atoms with Crippen LogP contribution >= 0.6 is 11.3 Å². The van der Waals surface area contributed by atoms with E-state index in [1.54, 1.807) is 0 Å². The van der Waals surface area contributed by atoms with Crippen LogP contribution in [0.3, 0.4) is 0 Å². The van der Waals surface area contributed by atoms with Crippen molar-refractivity contribution in [2.75, 3.05) is 18.8 Å². The van der Waals surface area contributed by atoms with Crippen molar-refractivity contribution >= 4 is 33.0 Å². The second kappa shape index (κ2) is 6.17. The smallest absolute Gasteiger partial charge is 0.250 e. The maximum absolute atomic E-state index is 11.8. The molecule has 0 radical (unpaired) electrons. The molecule has 0 saturated carbocycles. The molecule has 4 N–H and O–H groups in total. The summed E-state index contributed by atoms with van der Waals surface area (Å²) in [6, 6.07) is 1.36. The normalized spacial score (nSPS) is 11.7. The predicted octanol–water partition coefficient (Wildman–Crippen LogP) is 0.381. The number of carbonyl (C=O) groups is 1. The molecule has 0 aromatic carbocycles. The first kappa shape index (κ1) is 14.9. The van der Waals surface area contributed by atoms with Gasteiger partial charge in [-0.25, -0.2) is 13.1 Å². The van der Waals surface area contributed by atoms with E-state index in [-0.39, 0.29) is 16.7 Å². The Morgan fingerprint density at radius 2 is 2.17 bits per heavy atom. The largest absolute Gasteiger partial charge is 0.398 e. The van der Waals surface area contributed by atoms with Gasteiger partial charge in [0.1, 0.15) is 4.21 Å². The number of amides is 1. The molecule has 0 aliphatic carbocycles. The zero-order valence-electron chi connectivity index (χ0n) is 10.3. The van der Waals surface area contributed by atoms with Crippen molar-refractivity contribution in [3.05, 3.63) is 11.4 Å². The number of anilines is 1. The molecule has 0 spiro atoms. The minimum absolute atomic E-state index is 0.108. The lowest BCUT2D eigenvalue weighted by molar-refractivity contribution is -0.120. The molecule has 1 amide bonds. The summed E-state index contributed by atoms with van der Waals surface area (Å²) in [6.07, 6.45) is 0. The van der Waals surface area contributed by atoms with Crippen molar-refractivity contribution in [3.8, 4) is 0 Å². The van der Waals surface area contributed by atoms with E-state index < -0.39 is 10.0 Å². The first-order chi connectivity index (χ1) is 8.31. The van der Waals surface area contributed by atoms with Crippen LogP contribution in [0.2, 0.25) is 0 Å². The Hall–Kier alpha value is -1.12. The van der Waals surface area contributed by atoms with Crippen LogP contribution < -0.4 is 15.8 Å². The summed E-state index contributed by atoms with van der Waals surface area (Å²) in [5.74, 6) is -0.0283. The van der Waals surface area contributed by atoms with Gasteiger partial charge in [-0.1, -0.05) is 13.8 Å². The summed E-state index contributed by atoms with van der Waals surface area (Å²) in [5, 5.41) is 4.16. The minimum Gasteiger partial charge on any atom is -0.398 e. The van der Waals surface area contributed by atoms with E-state index >= 15 is 0 Å². The topological polar surface area (TPSA) is 101 Å². The van der Waals surface area contributed by atoms with Gasteiger partial charge in [0.25, 0.3) is 10.0 Å². The van der Waals surface area contributed by atoms with Crippen molar-refractivity contribution in [1.29, 1.82) is 0 Å². The standard InChI is InChI=1S/C10H17N3O3S2/c1-7(2)4-12-9(14)5-13-18(15,16)10-3-8(11)6-17-10/h3,6-7,13H,4-5,11H2,1-2H3,(H,12,14). The Balaban J connectivity index is 2.50. The third kappa shape index (κ3) is 4.63. The fourth-order valence-electron chi connectivity index (χ4n) is 1.08. The van der Waals surface area contributed by atoms with Gasteiger partial charge in [-0.3, -0.25) is 4.79 Å². The van der Waals surface area contributed by atoms with Crippen LogP contribution in [-0.4, -0.2) is 27.4 Å². The molecule has 102 valence electrons. The summed E-state index contributed by atoms with van der Waals surface area (Å²) in [6.45, 7) is 4.16. The minimum atomic E-state index is -3.65. The highest BCUT2D eigenvalue weighted by Gasteiger charge is 2.17. The molecule has 8 heteroatoms. The average molecular weight is 291 g/mol. The molecule has 0 fully saturated rings. The molecular formula is C10H17N3O3S2. The Morgan fingerprint density at radius 3 is 2.67 bits per heavy atom. The van der Waals surface area contributed by atoms with Crippen LogP contribution in [0, 0.1) is 5.92 Å². The van der Waals surface area contributed by atoms with E-state index in [0.717, 1.165) is 11.3 Å². The van der Waals surface area contributed by atoms with Crippen LogP contribution in [0.5, 0.6) is 0 Å². The van der Waals surface area contributed by atoms with Gasteiger partial charge in [-0.05, 0) is 12.0 Å². The Morgan fingerprint density at radius 1 is 1.50 bits per heavy atom. The van der Waals surface area contributed by atoms with E-state index in [0.29, 0.717) is 18.2 Å². The fourth-order valence-corrected chi connectivity index (χ4v) is 3.19. The number of carbonyl (C=O) groups excluding carboxylic acids is 1. The fraction of sp³-hybridized carbons (Fsp3) is 0.500. The molecule has 0 bridgehead atoms. The quantitative estimate of drug-likeness (QED) is 0.705. The molecule has 0 saturated heterocycles. The molecule has 18 heavy (non-hydrogen) atoms. The second-order valence-electron chi connectivity index (χ2n) is 4.22. The third-order valence-corrected chi connectivity index (χ3v) is 4.85. The van der Waals surface area contributed by atoms with Gasteiger partial charge in [0.15, 0.2) is 0 Å². The number of nitrogens with one attached hydrogen (secondary N) is 2. The van der Waals surface area contributed by atoms with Crippen molar-refractivity contribution < 1.29 is 13.2 Å². The van der Waals surface area contributed by atoms with Crippen molar-refractivity contribution in [2.45, 2.75) is 18.1 Å². The monoisotopic (exact) mass is 291 g/mol. The summed E-state index contributed by atoms with van der Waals surface area (Å²) in [5.41, 5.74) is 5.84. The molecule has 1 aromatic rings. The van der Waals surface area contributed by atoms with Gasteiger partial charge >= 0.3 is 0 Å². The number of nitrogen functional groups attached to an aromatic ring is 1. The summed E-state index contributed by atoms with van der Waals surface area (Å²) >= 11 is 1.02. The Kier molecular flexibility index (Phi) is 5.12. The lowest BCUT2D eigenvalue weighted by Crippen LogP contribution is -2.38. The van der Waals surface area contributed by atoms with Crippen molar-refractivity contribution in [3.63, 3.8) is 0 Å². The average Bonchev–Trinajstić information content (AvgIpc) is 2.71. The maximum atomic E-state index is 11.8. The zero-order chi connectivity index (χ0) is 13.8. The van der Waals surface area contributed by atoms with Gasteiger partial charge in [0.05, 0.1) is 6.54 Å². The number of sulfonamides is 1. The van der Waals surface area contributed by atoms with Crippen LogP contribution in [0.15, 0.2) is 15.7 Å². The number of thiophene rings is 1.